The van der Waals surface area contributed by atoms with E-state index < -0.39 is 12.5 Å². The zero-order valence-corrected chi connectivity index (χ0v) is 10.1. The molecule has 7 heteroatoms. The highest BCUT2D eigenvalue weighted by Crippen LogP contribution is 2.42. The highest BCUT2D eigenvalue weighted by Gasteiger charge is 2.36. The Kier molecular flexibility index (Phi) is 4.23. The molecule has 2 unspecified atom stereocenters. The summed E-state index contributed by atoms with van der Waals surface area (Å²) in [5.74, 6) is 0.786. The molecule has 1 aliphatic carbocycles. The summed E-state index contributed by atoms with van der Waals surface area (Å²) in [6.07, 6.45) is -3.05. The molecule has 0 amide bonds. The summed E-state index contributed by atoms with van der Waals surface area (Å²) in [4.78, 5) is 4.02. The van der Waals surface area contributed by atoms with Crippen LogP contribution in [0.1, 0.15) is 37.6 Å². The lowest BCUT2D eigenvalue weighted by molar-refractivity contribution is -0.00754. The molecule has 1 fully saturated rings. The van der Waals surface area contributed by atoms with Gasteiger partial charge in [0, 0.05) is 6.61 Å². The first-order valence-electron chi connectivity index (χ1n) is 6.02. The van der Waals surface area contributed by atoms with E-state index in [-0.39, 0.29) is 18.4 Å². The average Bonchev–Trinajstić information content (AvgIpc) is 3.06. The number of alkyl halides is 2. The van der Waals surface area contributed by atoms with Crippen LogP contribution in [0.2, 0.25) is 0 Å². The molecule has 5 nitrogen and oxygen atoms in total. The van der Waals surface area contributed by atoms with Crippen molar-refractivity contribution in [3.63, 3.8) is 0 Å². The molecule has 0 bridgehead atoms. The van der Waals surface area contributed by atoms with Gasteiger partial charge in [0.2, 0.25) is 11.7 Å². The summed E-state index contributed by atoms with van der Waals surface area (Å²) in [7, 11) is 0. The van der Waals surface area contributed by atoms with Crippen molar-refractivity contribution in [2.45, 2.75) is 44.8 Å². The van der Waals surface area contributed by atoms with Gasteiger partial charge in [-0.3, -0.25) is 0 Å². The quantitative estimate of drug-likeness (QED) is 0.810. The molecule has 2 atom stereocenters. The fourth-order valence-corrected chi connectivity index (χ4v) is 1.73. The predicted molar refractivity (Wildman–Crippen MR) is 57.1 cm³/mol. The van der Waals surface area contributed by atoms with Crippen molar-refractivity contribution in [1.82, 2.24) is 10.1 Å². The molecule has 0 aliphatic heterocycles. The maximum Gasteiger partial charge on any atom is 0.264 e. The van der Waals surface area contributed by atoms with E-state index in [4.69, 9.17) is 14.4 Å². The van der Waals surface area contributed by atoms with Gasteiger partial charge in [-0.15, -0.1) is 0 Å². The van der Waals surface area contributed by atoms with Gasteiger partial charge in [0.15, 0.2) is 0 Å². The third kappa shape index (κ3) is 3.23. The van der Waals surface area contributed by atoms with Crippen LogP contribution in [0.5, 0.6) is 0 Å². The second-order valence-corrected chi connectivity index (χ2v) is 4.37. The molecule has 0 saturated heterocycles. The first-order valence-corrected chi connectivity index (χ1v) is 6.02. The lowest BCUT2D eigenvalue weighted by Gasteiger charge is -2.11. The molecule has 1 heterocycles. The van der Waals surface area contributed by atoms with Crippen LogP contribution in [-0.4, -0.2) is 34.4 Å². The fourth-order valence-electron chi connectivity index (χ4n) is 1.73. The van der Waals surface area contributed by atoms with Gasteiger partial charge in [-0.1, -0.05) is 5.16 Å². The minimum atomic E-state index is -2.81. The Hall–Kier alpha value is -1.08. The van der Waals surface area contributed by atoms with Crippen LogP contribution in [0.25, 0.3) is 0 Å². The second-order valence-electron chi connectivity index (χ2n) is 4.37. The Morgan fingerprint density at radius 3 is 2.78 bits per heavy atom. The van der Waals surface area contributed by atoms with E-state index in [1.807, 2.05) is 6.92 Å². The molecule has 1 aromatic rings. The van der Waals surface area contributed by atoms with Crippen molar-refractivity contribution in [3.8, 4) is 0 Å². The van der Waals surface area contributed by atoms with Crippen LogP contribution in [0.3, 0.4) is 0 Å². The topological polar surface area (TPSA) is 68.4 Å². The maximum atomic E-state index is 12.2. The third-order valence-corrected chi connectivity index (χ3v) is 2.81. The van der Waals surface area contributed by atoms with Crippen LogP contribution >= 0.6 is 0 Å². The average molecular weight is 262 g/mol. The molecule has 0 radical (unpaired) electrons. The highest BCUT2D eigenvalue weighted by molar-refractivity contribution is 4.99. The monoisotopic (exact) mass is 262 g/mol. The summed E-state index contributed by atoms with van der Waals surface area (Å²) in [6.45, 7) is 2.40. The Morgan fingerprint density at radius 2 is 2.22 bits per heavy atom. The molecule has 2 rings (SSSR count). The van der Waals surface area contributed by atoms with Crippen molar-refractivity contribution in [2.24, 2.45) is 5.92 Å². The number of hydrogen-bond acceptors (Lipinski definition) is 5. The number of ether oxygens (including phenoxy) is 1. The van der Waals surface area contributed by atoms with Gasteiger partial charge in [-0.05, 0) is 25.7 Å². The maximum absolute atomic E-state index is 12.2. The highest BCUT2D eigenvalue weighted by atomic mass is 19.3. The van der Waals surface area contributed by atoms with Crippen LogP contribution in [-0.2, 0) is 11.2 Å². The van der Waals surface area contributed by atoms with Gasteiger partial charge in [-0.25, -0.2) is 8.78 Å². The van der Waals surface area contributed by atoms with Crippen LogP contribution in [0.4, 0.5) is 8.78 Å². The standard InChI is InChI=1S/C11H16F2N2O3/c1-2-17-9(6-3-4-6)11-14-8(18-15-11)5-7(16)10(12)13/h6-7,9-10,16H,2-5H2,1H3. The van der Waals surface area contributed by atoms with E-state index in [0.717, 1.165) is 12.8 Å². The number of nitrogens with zero attached hydrogens (tertiary/aromatic N) is 2. The van der Waals surface area contributed by atoms with Gasteiger partial charge in [-0.2, -0.15) is 4.98 Å². The molecule has 0 spiro atoms. The summed E-state index contributed by atoms with van der Waals surface area (Å²) in [5, 5.41) is 12.8. The van der Waals surface area contributed by atoms with Crippen LogP contribution < -0.4 is 0 Å². The summed E-state index contributed by atoms with van der Waals surface area (Å²) >= 11 is 0. The van der Waals surface area contributed by atoms with Gasteiger partial charge in [0.05, 0.1) is 6.42 Å². The van der Waals surface area contributed by atoms with Crippen LogP contribution in [0.15, 0.2) is 4.52 Å². The SMILES string of the molecule is CCOC(c1noc(CC(O)C(F)F)n1)C1CC1. The molecule has 102 valence electrons. The molecule has 0 aromatic carbocycles. The van der Waals surface area contributed by atoms with E-state index in [1.54, 1.807) is 0 Å². The lowest BCUT2D eigenvalue weighted by Crippen LogP contribution is -2.20. The Bertz CT molecular complexity index is 382. The van der Waals surface area contributed by atoms with Gasteiger partial charge < -0.3 is 14.4 Å². The smallest absolute Gasteiger partial charge is 0.264 e. The molecule has 1 aromatic heterocycles. The van der Waals surface area contributed by atoms with Gasteiger partial charge in [0.25, 0.3) is 6.43 Å². The Labute approximate surface area is 103 Å². The zero-order chi connectivity index (χ0) is 13.1. The molecular weight excluding hydrogens is 246 g/mol. The Balaban J connectivity index is 1.99. The fraction of sp³-hybridized carbons (Fsp3) is 0.818. The van der Waals surface area contributed by atoms with E-state index in [9.17, 15) is 8.78 Å². The van der Waals surface area contributed by atoms with E-state index in [2.05, 4.69) is 10.1 Å². The summed E-state index contributed by atoms with van der Waals surface area (Å²) in [6, 6.07) is 0. The first-order chi connectivity index (χ1) is 8.61. The van der Waals surface area contributed by atoms with Crippen molar-refractivity contribution >= 4 is 0 Å². The second kappa shape index (κ2) is 5.71. The van der Waals surface area contributed by atoms with E-state index >= 15 is 0 Å². The minimum absolute atomic E-state index is 0.0168. The van der Waals surface area contributed by atoms with Gasteiger partial charge >= 0.3 is 0 Å². The molecule has 1 aliphatic rings. The minimum Gasteiger partial charge on any atom is -0.387 e. The number of rotatable bonds is 7. The van der Waals surface area contributed by atoms with Crippen molar-refractivity contribution in [1.29, 1.82) is 0 Å². The van der Waals surface area contributed by atoms with E-state index in [0.29, 0.717) is 18.3 Å². The zero-order valence-electron chi connectivity index (χ0n) is 10.1. The van der Waals surface area contributed by atoms with Crippen molar-refractivity contribution in [3.05, 3.63) is 11.7 Å². The lowest BCUT2D eigenvalue weighted by atomic mass is 10.2. The number of aliphatic hydroxyl groups excluding tert-OH is 1. The van der Waals surface area contributed by atoms with Crippen molar-refractivity contribution in [2.75, 3.05) is 6.61 Å². The van der Waals surface area contributed by atoms with Gasteiger partial charge in [0.1, 0.15) is 12.2 Å². The normalized spacial score (nSPS) is 19.2. The molecule has 1 N–H and O–H groups in total. The van der Waals surface area contributed by atoms with E-state index in [1.165, 1.54) is 0 Å². The molecule has 18 heavy (non-hydrogen) atoms. The molecular formula is C11H16F2N2O3. The Morgan fingerprint density at radius 1 is 1.50 bits per heavy atom. The van der Waals surface area contributed by atoms with Crippen molar-refractivity contribution < 1.29 is 23.1 Å². The van der Waals surface area contributed by atoms with Crippen LogP contribution in [0, 0.1) is 5.92 Å². The first kappa shape index (κ1) is 13.4. The predicted octanol–water partition coefficient (Wildman–Crippen LogP) is 1.73. The summed E-state index contributed by atoms with van der Waals surface area (Å²) < 4.78 is 34.7. The summed E-state index contributed by atoms with van der Waals surface area (Å²) in [5.41, 5.74) is 0. The third-order valence-electron chi connectivity index (χ3n) is 2.81. The number of aliphatic hydroxyl groups is 1. The molecule has 1 saturated carbocycles. The largest absolute Gasteiger partial charge is 0.387 e. The number of hydrogen-bond donors (Lipinski definition) is 1. The number of halogens is 2. The number of aromatic nitrogens is 2.